The molecule has 0 aromatic heterocycles. The summed E-state index contributed by atoms with van der Waals surface area (Å²) >= 11 is 11.9. The fraction of sp³-hybridized carbons (Fsp3) is 0.188. The molecule has 0 saturated carbocycles. The molecular weight excluding hydrogens is 325 g/mol. The van der Waals surface area contributed by atoms with E-state index in [4.69, 9.17) is 32.7 Å². The van der Waals surface area contributed by atoms with Crippen molar-refractivity contribution in [2.75, 3.05) is 19.0 Å². The average Bonchev–Trinajstić information content (AvgIpc) is 2.49. The first-order valence-corrected chi connectivity index (χ1v) is 7.27. The SMILES string of the molecule is COc1cc(C)ccc1OCC(=O)Nc1cc(Cl)ccc1Cl. The van der Waals surface area contributed by atoms with E-state index in [-0.39, 0.29) is 12.5 Å². The Bertz CT molecular complexity index is 689. The summed E-state index contributed by atoms with van der Waals surface area (Å²) < 4.78 is 10.7. The number of aryl methyl sites for hydroxylation is 1. The zero-order valence-electron chi connectivity index (χ0n) is 12.2. The summed E-state index contributed by atoms with van der Waals surface area (Å²) in [7, 11) is 1.55. The number of hydrogen-bond acceptors (Lipinski definition) is 3. The third-order valence-electron chi connectivity index (χ3n) is 2.88. The molecule has 0 saturated heterocycles. The highest BCUT2D eigenvalue weighted by Gasteiger charge is 2.10. The van der Waals surface area contributed by atoms with Crippen LogP contribution in [0.2, 0.25) is 10.0 Å². The van der Waals surface area contributed by atoms with E-state index in [1.54, 1.807) is 31.4 Å². The van der Waals surface area contributed by atoms with Gasteiger partial charge in [0.2, 0.25) is 0 Å². The highest BCUT2D eigenvalue weighted by Crippen LogP contribution is 2.28. The van der Waals surface area contributed by atoms with Crippen LogP contribution in [0.3, 0.4) is 0 Å². The van der Waals surface area contributed by atoms with E-state index in [9.17, 15) is 4.79 Å². The molecule has 0 unspecified atom stereocenters. The van der Waals surface area contributed by atoms with E-state index in [2.05, 4.69) is 5.32 Å². The average molecular weight is 340 g/mol. The number of hydrogen-bond donors (Lipinski definition) is 1. The normalized spacial score (nSPS) is 10.2. The van der Waals surface area contributed by atoms with Gasteiger partial charge in [0, 0.05) is 5.02 Å². The monoisotopic (exact) mass is 339 g/mol. The van der Waals surface area contributed by atoms with E-state index < -0.39 is 0 Å². The Morgan fingerprint density at radius 3 is 2.64 bits per heavy atom. The highest BCUT2D eigenvalue weighted by molar-refractivity contribution is 6.35. The van der Waals surface area contributed by atoms with Gasteiger partial charge >= 0.3 is 0 Å². The minimum atomic E-state index is -0.341. The number of rotatable bonds is 5. The second kappa shape index (κ2) is 7.38. The number of carbonyl (C=O) groups is 1. The van der Waals surface area contributed by atoms with Crippen LogP contribution in [0.5, 0.6) is 11.5 Å². The molecule has 0 spiro atoms. The van der Waals surface area contributed by atoms with Crippen LogP contribution in [-0.2, 0) is 4.79 Å². The van der Waals surface area contributed by atoms with E-state index >= 15 is 0 Å². The molecule has 0 aliphatic rings. The predicted octanol–water partition coefficient (Wildman–Crippen LogP) is 4.33. The molecule has 1 N–H and O–H groups in total. The number of carbonyl (C=O) groups excluding carboxylic acids is 1. The number of ether oxygens (including phenoxy) is 2. The van der Waals surface area contributed by atoms with Gasteiger partial charge in [-0.3, -0.25) is 4.79 Å². The van der Waals surface area contributed by atoms with E-state index in [1.807, 2.05) is 19.1 Å². The molecule has 22 heavy (non-hydrogen) atoms. The van der Waals surface area contributed by atoms with Crippen molar-refractivity contribution in [1.82, 2.24) is 0 Å². The minimum Gasteiger partial charge on any atom is -0.493 e. The van der Waals surface area contributed by atoms with E-state index in [0.29, 0.717) is 27.2 Å². The van der Waals surface area contributed by atoms with Crippen LogP contribution in [0.25, 0.3) is 0 Å². The quantitative estimate of drug-likeness (QED) is 0.881. The molecule has 0 aliphatic carbocycles. The Labute approximate surface area is 138 Å². The number of amides is 1. The fourth-order valence-corrected chi connectivity index (χ4v) is 2.15. The standard InChI is InChI=1S/C16H15Cl2NO3/c1-10-3-6-14(15(7-10)21-2)22-9-16(20)19-13-8-11(17)4-5-12(13)18/h3-8H,9H2,1-2H3,(H,19,20). The zero-order chi connectivity index (χ0) is 16.1. The van der Waals surface area contributed by atoms with Crippen molar-refractivity contribution in [1.29, 1.82) is 0 Å². The van der Waals surface area contributed by atoms with Gasteiger partial charge < -0.3 is 14.8 Å². The summed E-state index contributed by atoms with van der Waals surface area (Å²) in [4.78, 5) is 11.9. The van der Waals surface area contributed by atoms with Gasteiger partial charge in [0.1, 0.15) is 0 Å². The largest absolute Gasteiger partial charge is 0.493 e. The third-order valence-corrected chi connectivity index (χ3v) is 3.45. The van der Waals surface area contributed by atoms with Gasteiger partial charge in [0.05, 0.1) is 17.8 Å². The Kier molecular flexibility index (Phi) is 5.52. The topological polar surface area (TPSA) is 47.6 Å². The van der Waals surface area contributed by atoms with Gasteiger partial charge in [-0.05, 0) is 42.8 Å². The van der Waals surface area contributed by atoms with Crippen LogP contribution in [0.1, 0.15) is 5.56 Å². The second-order valence-corrected chi connectivity index (χ2v) is 5.46. The summed E-state index contributed by atoms with van der Waals surface area (Å²) in [5.41, 5.74) is 1.48. The van der Waals surface area contributed by atoms with Gasteiger partial charge in [-0.2, -0.15) is 0 Å². The molecule has 0 fully saturated rings. The molecule has 0 aliphatic heterocycles. The smallest absolute Gasteiger partial charge is 0.262 e. The molecule has 1 amide bonds. The maximum Gasteiger partial charge on any atom is 0.262 e. The van der Waals surface area contributed by atoms with Gasteiger partial charge in [-0.25, -0.2) is 0 Å². The Hall–Kier alpha value is -1.91. The molecule has 2 rings (SSSR count). The first kappa shape index (κ1) is 16.5. The van der Waals surface area contributed by atoms with Crippen LogP contribution in [0, 0.1) is 6.92 Å². The molecule has 0 bridgehead atoms. The number of anilines is 1. The number of benzene rings is 2. The predicted molar refractivity (Wildman–Crippen MR) is 88.3 cm³/mol. The summed E-state index contributed by atoms with van der Waals surface area (Å²) in [5, 5.41) is 3.54. The lowest BCUT2D eigenvalue weighted by Crippen LogP contribution is -2.20. The van der Waals surface area contributed by atoms with Crippen LogP contribution in [-0.4, -0.2) is 19.6 Å². The molecule has 0 radical (unpaired) electrons. The lowest BCUT2D eigenvalue weighted by molar-refractivity contribution is -0.118. The first-order valence-electron chi connectivity index (χ1n) is 6.52. The fourth-order valence-electron chi connectivity index (χ4n) is 1.82. The number of halogens is 2. The van der Waals surface area contributed by atoms with Crippen LogP contribution in [0.15, 0.2) is 36.4 Å². The summed E-state index contributed by atoms with van der Waals surface area (Å²) in [5.74, 6) is 0.737. The molecule has 2 aromatic carbocycles. The lowest BCUT2D eigenvalue weighted by atomic mass is 10.2. The van der Waals surface area contributed by atoms with Gasteiger partial charge in [-0.1, -0.05) is 29.3 Å². The van der Waals surface area contributed by atoms with Crippen molar-refractivity contribution >= 4 is 34.8 Å². The summed E-state index contributed by atoms with van der Waals surface area (Å²) in [6, 6.07) is 10.3. The van der Waals surface area contributed by atoms with Crippen molar-refractivity contribution in [3.8, 4) is 11.5 Å². The molecular formula is C16H15Cl2NO3. The highest BCUT2D eigenvalue weighted by atomic mass is 35.5. The maximum atomic E-state index is 11.9. The molecule has 0 heterocycles. The Balaban J connectivity index is 2.00. The van der Waals surface area contributed by atoms with Crippen molar-refractivity contribution in [3.63, 3.8) is 0 Å². The van der Waals surface area contributed by atoms with Crippen LogP contribution in [0.4, 0.5) is 5.69 Å². The van der Waals surface area contributed by atoms with Gasteiger partial charge in [0.15, 0.2) is 18.1 Å². The number of nitrogens with one attached hydrogen (secondary N) is 1. The first-order chi connectivity index (χ1) is 10.5. The second-order valence-electron chi connectivity index (χ2n) is 4.62. The van der Waals surface area contributed by atoms with Crippen LogP contribution < -0.4 is 14.8 Å². The van der Waals surface area contributed by atoms with Crippen molar-refractivity contribution in [2.24, 2.45) is 0 Å². The molecule has 0 atom stereocenters. The Morgan fingerprint density at radius 2 is 1.91 bits per heavy atom. The van der Waals surface area contributed by atoms with Crippen molar-refractivity contribution < 1.29 is 14.3 Å². The van der Waals surface area contributed by atoms with Crippen molar-refractivity contribution in [3.05, 3.63) is 52.0 Å². The van der Waals surface area contributed by atoms with E-state index in [1.165, 1.54) is 0 Å². The van der Waals surface area contributed by atoms with Gasteiger partial charge in [0.25, 0.3) is 5.91 Å². The molecule has 4 nitrogen and oxygen atoms in total. The summed E-state index contributed by atoms with van der Waals surface area (Å²) in [6.45, 7) is 1.78. The van der Waals surface area contributed by atoms with E-state index in [0.717, 1.165) is 5.56 Å². The van der Waals surface area contributed by atoms with Crippen molar-refractivity contribution in [2.45, 2.75) is 6.92 Å². The summed E-state index contributed by atoms with van der Waals surface area (Å²) in [6.07, 6.45) is 0. The number of methoxy groups -OCH3 is 1. The zero-order valence-corrected chi connectivity index (χ0v) is 13.7. The maximum absolute atomic E-state index is 11.9. The van der Waals surface area contributed by atoms with Crippen LogP contribution >= 0.6 is 23.2 Å². The lowest BCUT2D eigenvalue weighted by Gasteiger charge is -2.12. The molecule has 6 heteroatoms. The Morgan fingerprint density at radius 1 is 1.14 bits per heavy atom. The molecule has 116 valence electrons. The third kappa shape index (κ3) is 4.29. The molecule has 2 aromatic rings. The minimum absolute atomic E-state index is 0.164. The van der Waals surface area contributed by atoms with Gasteiger partial charge in [-0.15, -0.1) is 0 Å².